The number of carbonyl (C=O) groups excluding carboxylic acids is 1. The van der Waals surface area contributed by atoms with Crippen molar-refractivity contribution in [1.29, 1.82) is 0 Å². The van der Waals surface area contributed by atoms with Crippen LogP contribution in [-0.2, 0) is 25.2 Å². The van der Waals surface area contributed by atoms with E-state index < -0.39 is 16.0 Å². The van der Waals surface area contributed by atoms with E-state index in [9.17, 15) is 13.2 Å². The monoisotopic (exact) mass is 370 g/mol. The molecule has 1 aromatic carbocycles. The molecular formula is C17H26N2O5S. The molecule has 7 nitrogen and oxygen atoms in total. The predicted molar refractivity (Wildman–Crippen MR) is 94.8 cm³/mol. The number of nitrogens with one attached hydrogen (secondary N) is 2. The SMILES string of the molecule is COCC1(CNS(=O)(=O)Cc2cccc(C(=O)OC)c2)CCNCC1. The Morgan fingerprint density at radius 3 is 2.64 bits per heavy atom. The molecule has 0 amide bonds. The molecule has 0 radical (unpaired) electrons. The average Bonchev–Trinajstić information content (AvgIpc) is 2.60. The van der Waals surface area contributed by atoms with Gasteiger partial charge in [-0.15, -0.1) is 0 Å². The van der Waals surface area contributed by atoms with Gasteiger partial charge in [-0.3, -0.25) is 0 Å². The molecule has 0 unspecified atom stereocenters. The molecule has 1 aliphatic rings. The minimum absolute atomic E-state index is 0.180. The van der Waals surface area contributed by atoms with Gasteiger partial charge >= 0.3 is 5.97 Å². The van der Waals surface area contributed by atoms with Crippen molar-refractivity contribution in [3.8, 4) is 0 Å². The van der Waals surface area contributed by atoms with Crippen molar-refractivity contribution in [1.82, 2.24) is 10.0 Å². The van der Waals surface area contributed by atoms with Crippen LogP contribution in [-0.4, -0.2) is 54.8 Å². The van der Waals surface area contributed by atoms with E-state index in [1.807, 2.05) is 0 Å². The summed E-state index contributed by atoms with van der Waals surface area (Å²) in [7, 11) is -0.589. The first-order valence-electron chi connectivity index (χ1n) is 8.24. The van der Waals surface area contributed by atoms with Crippen LogP contribution in [0, 0.1) is 5.41 Å². The summed E-state index contributed by atoms with van der Waals surface area (Å²) in [6.45, 7) is 2.58. The van der Waals surface area contributed by atoms with Gasteiger partial charge in [0.1, 0.15) is 0 Å². The fourth-order valence-electron chi connectivity index (χ4n) is 3.07. The molecular weight excluding hydrogens is 344 g/mol. The first-order chi connectivity index (χ1) is 11.9. The zero-order chi connectivity index (χ0) is 18.3. The molecule has 1 aliphatic heterocycles. The molecule has 1 heterocycles. The van der Waals surface area contributed by atoms with Crippen LogP contribution < -0.4 is 10.0 Å². The highest BCUT2D eigenvalue weighted by molar-refractivity contribution is 7.88. The molecule has 0 aromatic heterocycles. The van der Waals surface area contributed by atoms with Gasteiger partial charge in [0.15, 0.2) is 0 Å². The van der Waals surface area contributed by atoms with E-state index in [1.54, 1.807) is 31.4 Å². The summed E-state index contributed by atoms with van der Waals surface area (Å²) in [5.41, 5.74) is 0.701. The average molecular weight is 370 g/mol. The lowest BCUT2D eigenvalue weighted by atomic mass is 9.80. The topological polar surface area (TPSA) is 93.7 Å². The molecule has 0 aliphatic carbocycles. The second-order valence-corrected chi connectivity index (χ2v) is 8.26. The van der Waals surface area contributed by atoms with Crippen molar-refractivity contribution in [2.45, 2.75) is 18.6 Å². The third-order valence-electron chi connectivity index (χ3n) is 4.49. The van der Waals surface area contributed by atoms with Crippen LogP contribution in [0.4, 0.5) is 0 Å². The van der Waals surface area contributed by atoms with E-state index in [0.29, 0.717) is 24.3 Å². The second-order valence-electron chi connectivity index (χ2n) is 6.46. The Balaban J connectivity index is 2.02. The summed E-state index contributed by atoms with van der Waals surface area (Å²) in [5, 5.41) is 3.28. The van der Waals surface area contributed by atoms with Crippen molar-refractivity contribution < 1.29 is 22.7 Å². The highest BCUT2D eigenvalue weighted by Gasteiger charge is 2.33. The van der Waals surface area contributed by atoms with Crippen LogP contribution in [0.5, 0.6) is 0 Å². The third kappa shape index (κ3) is 5.78. The molecule has 25 heavy (non-hydrogen) atoms. The Morgan fingerprint density at radius 2 is 2.00 bits per heavy atom. The van der Waals surface area contributed by atoms with Gasteiger partial charge in [0, 0.05) is 19.1 Å². The molecule has 0 spiro atoms. The van der Waals surface area contributed by atoms with Crippen LogP contribution in [0.1, 0.15) is 28.8 Å². The van der Waals surface area contributed by atoms with E-state index in [2.05, 4.69) is 14.8 Å². The van der Waals surface area contributed by atoms with Gasteiger partial charge in [-0.25, -0.2) is 17.9 Å². The highest BCUT2D eigenvalue weighted by Crippen LogP contribution is 2.28. The predicted octanol–water partition coefficient (Wildman–Crippen LogP) is 0.909. The lowest BCUT2D eigenvalue weighted by molar-refractivity contribution is 0.0577. The number of methoxy groups -OCH3 is 2. The number of esters is 1. The third-order valence-corrected chi connectivity index (χ3v) is 5.78. The molecule has 0 saturated carbocycles. The fraction of sp³-hybridized carbons (Fsp3) is 0.588. The van der Waals surface area contributed by atoms with Gasteiger partial charge in [0.2, 0.25) is 10.0 Å². The van der Waals surface area contributed by atoms with E-state index in [1.165, 1.54) is 7.11 Å². The number of rotatable bonds is 8. The van der Waals surface area contributed by atoms with Crippen LogP contribution in [0.3, 0.4) is 0 Å². The van der Waals surface area contributed by atoms with Gasteiger partial charge in [-0.2, -0.15) is 0 Å². The number of benzene rings is 1. The highest BCUT2D eigenvalue weighted by atomic mass is 32.2. The quantitative estimate of drug-likeness (QED) is 0.661. The molecule has 8 heteroatoms. The maximum absolute atomic E-state index is 12.5. The van der Waals surface area contributed by atoms with Crippen molar-refractivity contribution in [3.63, 3.8) is 0 Å². The van der Waals surface area contributed by atoms with E-state index in [0.717, 1.165) is 25.9 Å². The Kier molecular flexibility index (Phi) is 6.95. The van der Waals surface area contributed by atoms with Crippen molar-refractivity contribution >= 4 is 16.0 Å². The number of sulfonamides is 1. The number of hydrogen-bond acceptors (Lipinski definition) is 6. The molecule has 0 atom stereocenters. The van der Waals surface area contributed by atoms with Gasteiger partial charge < -0.3 is 14.8 Å². The molecule has 1 fully saturated rings. The van der Waals surface area contributed by atoms with Crippen molar-refractivity contribution in [2.24, 2.45) is 5.41 Å². The molecule has 2 rings (SSSR count). The van der Waals surface area contributed by atoms with Gasteiger partial charge in [-0.05, 0) is 43.6 Å². The Labute approximate surface area is 149 Å². The summed E-state index contributed by atoms with van der Waals surface area (Å²) in [4.78, 5) is 11.6. The molecule has 140 valence electrons. The number of piperidine rings is 1. The first kappa shape index (κ1) is 19.8. The summed E-state index contributed by atoms with van der Waals surface area (Å²) < 4.78 is 37.6. The smallest absolute Gasteiger partial charge is 0.337 e. The molecule has 1 aromatic rings. The lowest BCUT2D eigenvalue weighted by Crippen LogP contribution is -2.47. The number of ether oxygens (including phenoxy) is 2. The molecule has 0 bridgehead atoms. The van der Waals surface area contributed by atoms with Crippen LogP contribution >= 0.6 is 0 Å². The Morgan fingerprint density at radius 1 is 1.28 bits per heavy atom. The van der Waals surface area contributed by atoms with Gasteiger partial charge in [0.25, 0.3) is 0 Å². The van der Waals surface area contributed by atoms with Crippen molar-refractivity contribution in [3.05, 3.63) is 35.4 Å². The Hall–Kier alpha value is -1.48. The van der Waals surface area contributed by atoms with Gasteiger partial charge in [0.05, 0.1) is 25.0 Å². The van der Waals surface area contributed by atoms with E-state index in [-0.39, 0.29) is 11.2 Å². The zero-order valence-corrected chi connectivity index (χ0v) is 15.5. The lowest BCUT2D eigenvalue weighted by Gasteiger charge is -2.37. The minimum Gasteiger partial charge on any atom is -0.465 e. The largest absolute Gasteiger partial charge is 0.465 e. The van der Waals surface area contributed by atoms with Crippen LogP contribution in [0.25, 0.3) is 0 Å². The van der Waals surface area contributed by atoms with Crippen LogP contribution in [0.2, 0.25) is 0 Å². The molecule has 1 saturated heterocycles. The van der Waals surface area contributed by atoms with E-state index in [4.69, 9.17) is 4.74 Å². The number of carbonyl (C=O) groups is 1. The minimum atomic E-state index is -3.52. The normalized spacial score (nSPS) is 17.2. The second kappa shape index (κ2) is 8.75. The first-order valence-corrected chi connectivity index (χ1v) is 9.89. The van der Waals surface area contributed by atoms with E-state index >= 15 is 0 Å². The molecule has 2 N–H and O–H groups in total. The van der Waals surface area contributed by atoms with Gasteiger partial charge in [-0.1, -0.05) is 12.1 Å². The fourth-order valence-corrected chi connectivity index (χ4v) is 4.32. The summed E-state index contributed by atoms with van der Waals surface area (Å²) >= 11 is 0. The Bertz CT molecular complexity index is 679. The summed E-state index contributed by atoms with van der Waals surface area (Å²) in [5.74, 6) is -0.667. The summed E-state index contributed by atoms with van der Waals surface area (Å²) in [6, 6.07) is 6.47. The van der Waals surface area contributed by atoms with Crippen LogP contribution in [0.15, 0.2) is 24.3 Å². The van der Waals surface area contributed by atoms with Crippen molar-refractivity contribution in [2.75, 3.05) is 40.5 Å². The number of hydrogen-bond donors (Lipinski definition) is 2. The zero-order valence-electron chi connectivity index (χ0n) is 14.7. The standard InChI is InChI=1S/C17H26N2O5S/c1-23-13-17(6-8-18-9-7-17)12-19-25(21,22)11-14-4-3-5-15(10-14)16(20)24-2/h3-5,10,18-19H,6-9,11-13H2,1-2H3. The summed E-state index contributed by atoms with van der Waals surface area (Å²) in [6.07, 6.45) is 1.72. The maximum Gasteiger partial charge on any atom is 0.337 e. The maximum atomic E-state index is 12.5.